The Kier molecular flexibility index (Phi) is 2.27. The highest BCUT2D eigenvalue weighted by atomic mass is 35.5. The van der Waals surface area contributed by atoms with E-state index >= 15 is 0 Å². The predicted molar refractivity (Wildman–Crippen MR) is 58.0 cm³/mol. The number of hydrogen-bond donors (Lipinski definition) is 0. The molecule has 0 aromatic carbocycles. The van der Waals surface area contributed by atoms with Gasteiger partial charge in [0.25, 0.3) is 0 Å². The minimum absolute atomic E-state index is 0.0905. The van der Waals surface area contributed by atoms with Gasteiger partial charge >= 0.3 is 0 Å². The van der Waals surface area contributed by atoms with Gasteiger partial charge in [-0.15, -0.1) is 11.6 Å². The molecule has 1 fully saturated rings. The summed E-state index contributed by atoms with van der Waals surface area (Å²) in [5, 5.41) is 0. The second-order valence-electron chi connectivity index (χ2n) is 4.90. The molecular weight excluding hydrogens is 180 g/mol. The smallest absolute Gasteiger partial charge is 0.0430 e. The van der Waals surface area contributed by atoms with Gasteiger partial charge in [0.1, 0.15) is 0 Å². The van der Waals surface area contributed by atoms with Crippen molar-refractivity contribution >= 4 is 11.6 Å². The number of rotatable bonds is 2. The third-order valence-corrected chi connectivity index (χ3v) is 3.13. The predicted octanol–water partition coefficient (Wildman–Crippen LogP) is 3.92. The standard InChI is InChI=1S/C12H17Cl/c1-12(2,13)8-9-3-4-10-5-6-11(10)7-9/h3-4,7,10-11H,5-6,8H2,1-2H3/t10-,11-/m1/s1. The van der Waals surface area contributed by atoms with Crippen molar-refractivity contribution in [2.24, 2.45) is 11.8 Å². The van der Waals surface area contributed by atoms with E-state index in [0.29, 0.717) is 0 Å². The maximum absolute atomic E-state index is 6.19. The summed E-state index contributed by atoms with van der Waals surface area (Å²) >= 11 is 6.19. The Balaban J connectivity index is 2.01. The van der Waals surface area contributed by atoms with Crippen molar-refractivity contribution < 1.29 is 0 Å². The average Bonchev–Trinajstić information content (AvgIpc) is 1.92. The first-order chi connectivity index (χ1) is 6.04. The molecule has 0 amide bonds. The van der Waals surface area contributed by atoms with E-state index in [4.69, 9.17) is 11.6 Å². The van der Waals surface area contributed by atoms with Crippen LogP contribution in [0, 0.1) is 11.8 Å². The summed E-state index contributed by atoms with van der Waals surface area (Å²) in [5.41, 5.74) is 1.43. The lowest BCUT2D eigenvalue weighted by atomic mass is 9.70. The molecule has 0 N–H and O–H groups in total. The van der Waals surface area contributed by atoms with E-state index in [0.717, 1.165) is 18.3 Å². The van der Waals surface area contributed by atoms with Crippen molar-refractivity contribution in [1.82, 2.24) is 0 Å². The molecule has 0 bridgehead atoms. The first-order valence-corrected chi connectivity index (χ1v) is 5.50. The minimum atomic E-state index is -0.0905. The lowest BCUT2D eigenvalue weighted by Gasteiger charge is -2.36. The molecule has 1 heteroatoms. The highest BCUT2D eigenvalue weighted by Crippen LogP contribution is 2.41. The molecule has 2 atom stereocenters. The Labute approximate surface area is 85.7 Å². The Hall–Kier alpha value is -0.230. The Bertz CT molecular complexity index is 255. The summed E-state index contributed by atoms with van der Waals surface area (Å²) in [6.07, 6.45) is 10.8. The average molecular weight is 197 g/mol. The highest BCUT2D eigenvalue weighted by Gasteiger charge is 2.29. The van der Waals surface area contributed by atoms with Gasteiger partial charge in [0.15, 0.2) is 0 Å². The van der Waals surface area contributed by atoms with Crippen LogP contribution in [0.15, 0.2) is 23.8 Å². The molecule has 0 saturated heterocycles. The molecule has 72 valence electrons. The molecule has 1 saturated carbocycles. The maximum Gasteiger partial charge on any atom is 0.0430 e. The summed E-state index contributed by atoms with van der Waals surface area (Å²) in [5.74, 6) is 1.68. The molecule has 0 aliphatic heterocycles. The molecule has 2 aliphatic carbocycles. The molecule has 0 aromatic rings. The molecule has 0 aromatic heterocycles. The van der Waals surface area contributed by atoms with E-state index in [-0.39, 0.29) is 4.87 Å². The first-order valence-electron chi connectivity index (χ1n) is 5.12. The van der Waals surface area contributed by atoms with E-state index in [1.165, 1.54) is 18.4 Å². The van der Waals surface area contributed by atoms with Crippen molar-refractivity contribution in [1.29, 1.82) is 0 Å². The summed E-state index contributed by atoms with van der Waals surface area (Å²) in [6, 6.07) is 0. The van der Waals surface area contributed by atoms with Crippen LogP contribution in [-0.2, 0) is 0 Å². The second kappa shape index (κ2) is 3.16. The number of alkyl halides is 1. The van der Waals surface area contributed by atoms with Crippen LogP contribution < -0.4 is 0 Å². The van der Waals surface area contributed by atoms with Crippen molar-refractivity contribution in [3.63, 3.8) is 0 Å². The molecule has 0 unspecified atom stereocenters. The zero-order valence-corrected chi connectivity index (χ0v) is 9.14. The van der Waals surface area contributed by atoms with Crippen LogP contribution in [0.2, 0.25) is 0 Å². The van der Waals surface area contributed by atoms with Crippen LogP contribution in [-0.4, -0.2) is 4.87 Å². The largest absolute Gasteiger partial charge is 0.120 e. The van der Waals surface area contributed by atoms with E-state index in [9.17, 15) is 0 Å². The van der Waals surface area contributed by atoms with Crippen LogP contribution in [0.1, 0.15) is 33.1 Å². The number of hydrogen-bond acceptors (Lipinski definition) is 0. The molecular formula is C12H17Cl. The van der Waals surface area contributed by atoms with Crippen LogP contribution in [0.3, 0.4) is 0 Å². The van der Waals surface area contributed by atoms with Crippen molar-refractivity contribution in [2.75, 3.05) is 0 Å². The fraction of sp³-hybridized carbons (Fsp3) is 0.667. The van der Waals surface area contributed by atoms with Crippen LogP contribution in [0.25, 0.3) is 0 Å². The van der Waals surface area contributed by atoms with Gasteiger partial charge in [-0.2, -0.15) is 0 Å². The molecule has 2 rings (SSSR count). The third kappa shape index (κ3) is 2.17. The van der Waals surface area contributed by atoms with Crippen molar-refractivity contribution in [3.05, 3.63) is 23.8 Å². The molecule has 0 nitrogen and oxygen atoms in total. The molecule has 0 spiro atoms. The van der Waals surface area contributed by atoms with E-state index in [1.54, 1.807) is 0 Å². The summed E-state index contributed by atoms with van der Waals surface area (Å²) in [7, 11) is 0. The first kappa shape index (κ1) is 9.33. The Morgan fingerprint density at radius 3 is 2.54 bits per heavy atom. The van der Waals surface area contributed by atoms with E-state index in [2.05, 4.69) is 32.1 Å². The number of allylic oxidation sites excluding steroid dienone is 4. The second-order valence-corrected chi connectivity index (χ2v) is 5.92. The van der Waals surface area contributed by atoms with Gasteiger partial charge < -0.3 is 0 Å². The molecule has 0 heterocycles. The van der Waals surface area contributed by atoms with Gasteiger partial charge in [-0.3, -0.25) is 0 Å². The Morgan fingerprint density at radius 1 is 1.38 bits per heavy atom. The molecule has 13 heavy (non-hydrogen) atoms. The summed E-state index contributed by atoms with van der Waals surface area (Å²) in [6.45, 7) is 4.16. The van der Waals surface area contributed by atoms with Gasteiger partial charge in [-0.05, 0) is 44.9 Å². The fourth-order valence-corrected chi connectivity index (χ4v) is 2.33. The zero-order chi connectivity index (χ0) is 9.47. The molecule has 0 radical (unpaired) electrons. The van der Waals surface area contributed by atoms with E-state index < -0.39 is 0 Å². The third-order valence-electron chi connectivity index (χ3n) is 2.99. The maximum atomic E-state index is 6.19. The topological polar surface area (TPSA) is 0 Å². The van der Waals surface area contributed by atoms with Crippen LogP contribution >= 0.6 is 11.6 Å². The normalized spacial score (nSPS) is 32.1. The van der Waals surface area contributed by atoms with Gasteiger partial charge in [-0.1, -0.05) is 23.8 Å². The van der Waals surface area contributed by atoms with Crippen molar-refractivity contribution in [2.45, 2.75) is 38.0 Å². The number of fused-ring (bicyclic) bond motifs is 1. The van der Waals surface area contributed by atoms with Gasteiger partial charge in [0, 0.05) is 4.87 Å². The van der Waals surface area contributed by atoms with E-state index in [1.807, 2.05) is 0 Å². The minimum Gasteiger partial charge on any atom is -0.120 e. The lowest BCUT2D eigenvalue weighted by Crippen LogP contribution is -2.25. The van der Waals surface area contributed by atoms with Crippen LogP contribution in [0.5, 0.6) is 0 Å². The molecule has 2 aliphatic rings. The summed E-state index contributed by atoms with van der Waals surface area (Å²) in [4.78, 5) is -0.0905. The SMILES string of the molecule is CC(C)(Cl)CC1=C[C@H]2CC[C@H]2C=C1. The fourth-order valence-electron chi connectivity index (χ4n) is 2.18. The summed E-state index contributed by atoms with van der Waals surface area (Å²) < 4.78 is 0. The lowest BCUT2D eigenvalue weighted by molar-refractivity contribution is 0.280. The highest BCUT2D eigenvalue weighted by molar-refractivity contribution is 6.23. The Morgan fingerprint density at radius 2 is 2.08 bits per heavy atom. The van der Waals surface area contributed by atoms with Gasteiger partial charge in [-0.25, -0.2) is 0 Å². The zero-order valence-electron chi connectivity index (χ0n) is 8.39. The van der Waals surface area contributed by atoms with Crippen LogP contribution in [0.4, 0.5) is 0 Å². The quantitative estimate of drug-likeness (QED) is 0.588. The van der Waals surface area contributed by atoms with Crippen molar-refractivity contribution in [3.8, 4) is 0 Å². The number of halogens is 1. The van der Waals surface area contributed by atoms with Gasteiger partial charge in [0.2, 0.25) is 0 Å². The monoisotopic (exact) mass is 196 g/mol. The van der Waals surface area contributed by atoms with Gasteiger partial charge in [0.05, 0.1) is 0 Å².